The summed E-state index contributed by atoms with van der Waals surface area (Å²) < 4.78 is 0. The average Bonchev–Trinajstić information content (AvgIpc) is 3.02. The standard InChI is InChI=1S/C16H11ClN2O2S/c17-9-1-2-11-10(7-9)15(21)14-12(19-11)5-8(6-13(14)20)16-18-3-4-22-16/h1-4,7-8H,5-6H2,(H,19,21). The number of pyridine rings is 1. The summed E-state index contributed by atoms with van der Waals surface area (Å²) in [6.45, 7) is 0. The fourth-order valence-electron chi connectivity index (χ4n) is 3.01. The molecule has 0 saturated carbocycles. The average molecular weight is 331 g/mol. The minimum Gasteiger partial charge on any atom is -0.358 e. The number of nitrogens with zero attached hydrogens (tertiary/aromatic N) is 1. The van der Waals surface area contributed by atoms with E-state index in [9.17, 15) is 9.59 Å². The van der Waals surface area contributed by atoms with Crippen molar-refractivity contribution in [3.63, 3.8) is 0 Å². The first-order valence-electron chi connectivity index (χ1n) is 6.90. The van der Waals surface area contributed by atoms with Crippen molar-refractivity contribution in [2.24, 2.45) is 0 Å². The zero-order valence-corrected chi connectivity index (χ0v) is 13.0. The molecule has 1 aliphatic rings. The number of Topliss-reactive ketones (excluding diaryl/α,β-unsaturated/α-hetero) is 1. The lowest BCUT2D eigenvalue weighted by molar-refractivity contribution is 0.0962. The number of aromatic nitrogens is 2. The summed E-state index contributed by atoms with van der Waals surface area (Å²) in [5.74, 6) is -0.0787. The van der Waals surface area contributed by atoms with Crippen molar-refractivity contribution in [1.82, 2.24) is 9.97 Å². The number of hydrogen-bond donors (Lipinski definition) is 1. The van der Waals surface area contributed by atoms with Gasteiger partial charge in [-0.2, -0.15) is 0 Å². The fourth-order valence-corrected chi connectivity index (χ4v) is 3.93. The third-order valence-electron chi connectivity index (χ3n) is 4.00. The lowest BCUT2D eigenvalue weighted by Gasteiger charge is -2.22. The molecule has 4 nitrogen and oxygen atoms in total. The van der Waals surface area contributed by atoms with Gasteiger partial charge in [-0.25, -0.2) is 4.98 Å². The van der Waals surface area contributed by atoms with Gasteiger partial charge in [0.1, 0.15) is 0 Å². The van der Waals surface area contributed by atoms with Gasteiger partial charge in [-0.05, 0) is 24.6 Å². The Balaban J connectivity index is 1.91. The number of rotatable bonds is 1. The van der Waals surface area contributed by atoms with Crippen molar-refractivity contribution in [2.75, 3.05) is 0 Å². The van der Waals surface area contributed by atoms with Crippen LogP contribution in [0.15, 0.2) is 34.6 Å². The highest BCUT2D eigenvalue weighted by atomic mass is 35.5. The Morgan fingerprint density at radius 3 is 2.91 bits per heavy atom. The van der Waals surface area contributed by atoms with Crippen molar-refractivity contribution in [3.05, 3.63) is 61.3 Å². The molecule has 0 saturated heterocycles. The van der Waals surface area contributed by atoms with Crippen molar-refractivity contribution in [2.45, 2.75) is 18.8 Å². The summed E-state index contributed by atoms with van der Waals surface area (Å²) in [5.41, 5.74) is 1.47. The number of thiazole rings is 1. The van der Waals surface area contributed by atoms with Crippen LogP contribution in [0.4, 0.5) is 0 Å². The van der Waals surface area contributed by atoms with Crippen LogP contribution in [0, 0.1) is 0 Å². The van der Waals surface area contributed by atoms with Gasteiger partial charge in [-0.3, -0.25) is 9.59 Å². The normalized spacial score (nSPS) is 17.7. The zero-order valence-electron chi connectivity index (χ0n) is 11.4. The number of benzene rings is 1. The number of H-pyrrole nitrogens is 1. The van der Waals surface area contributed by atoms with Crippen molar-refractivity contribution in [1.29, 1.82) is 0 Å². The van der Waals surface area contributed by atoms with Gasteiger partial charge in [0.15, 0.2) is 5.78 Å². The van der Waals surface area contributed by atoms with Gasteiger partial charge in [0.2, 0.25) is 5.43 Å². The SMILES string of the molecule is O=C1CC(c2nccs2)Cc2[nH]c3ccc(Cl)cc3c(=O)c21. The number of aromatic amines is 1. The first-order valence-corrected chi connectivity index (χ1v) is 8.16. The van der Waals surface area contributed by atoms with Crippen LogP contribution in [0.3, 0.4) is 0 Å². The van der Waals surface area contributed by atoms with Crippen LogP contribution in [-0.2, 0) is 6.42 Å². The zero-order chi connectivity index (χ0) is 15.3. The predicted octanol–water partition coefficient (Wildman–Crippen LogP) is 3.55. The van der Waals surface area contributed by atoms with E-state index in [-0.39, 0.29) is 22.7 Å². The molecule has 3 aromatic rings. The van der Waals surface area contributed by atoms with Crippen LogP contribution in [0.25, 0.3) is 10.9 Å². The molecule has 0 bridgehead atoms. The topological polar surface area (TPSA) is 62.8 Å². The smallest absolute Gasteiger partial charge is 0.200 e. The molecular weight excluding hydrogens is 320 g/mol. The number of ketones is 1. The van der Waals surface area contributed by atoms with E-state index in [2.05, 4.69) is 9.97 Å². The van der Waals surface area contributed by atoms with E-state index >= 15 is 0 Å². The van der Waals surface area contributed by atoms with E-state index in [4.69, 9.17) is 11.6 Å². The van der Waals surface area contributed by atoms with Crippen molar-refractivity contribution < 1.29 is 4.79 Å². The summed E-state index contributed by atoms with van der Waals surface area (Å²) >= 11 is 7.50. The van der Waals surface area contributed by atoms with E-state index in [0.717, 1.165) is 5.01 Å². The second-order valence-corrected chi connectivity index (χ2v) is 6.76. The first-order chi connectivity index (χ1) is 10.6. The Bertz CT molecular complexity index is 947. The van der Waals surface area contributed by atoms with Gasteiger partial charge in [-0.1, -0.05) is 11.6 Å². The Hall–Kier alpha value is -1.98. The second kappa shape index (κ2) is 5.04. The molecule has 4 rings (SSSR count). The summed E-state index contributed by atoms with van der Waals surface area (Å²) in [6.07, 6.45) is 2.70. The Labute approximate surface area is 134 Å². The third-order valence-corrected chi connectivity index (χ3v) is 5.18. The highest BCUT2D eigenvalue weighted by molar-refractivity contribution is 7.09. The van der Waals surface area contributed by atoms with Crippen LogP contribution >= 0.6 is 22.9 Å². The number of carbonyl (C=O) groups excluding carboxylic acids is 1. The molecule has 0 spiro atoms. The predicted molar refractivity (Wildman–Crippen MR) is 87.1 cm³/mol. The molecule has 1 aliphatic carbocycles. The molecule has 0 aliphatic heterocycles. The first kappa shape index (κ1) is 13.7. The monoisotopic (exact) mass is 330 g/mol. The molecule has 22 heavy (non-hydrogen) atoms. The molecule has 0 amide bonds. The Kier molecular flexibility index (Phi) is 3.13. The van der Waals surface area contributed by atoms with Gasteiger partial charge in [0, 0.05) is 45.5 Å². The van der Waals surface area contributed by atoms with E-state index in [1.807, 2.05) is 5.38 Å². The summed E-state index contributed by atoms with van der Waals surface area (Å²) in [7, 11) is 0. The Morgan fingerprint density at radius 2 is 2.14 bits per heavy atom. The largest absolute Gasteiger partial charge is 0.358 e. The molecule has 2 aromatic heterocycles. The maximum absolute atomic E-state index is 12.6. The van der Waals surface area contributed by atoms with Gasteiger partial charge < -0.3 is 4.98 Å². The van der Waals surface area contributed by atoms with E-state index in [1.165, 1.54) is 0 Å². The van der Waals surface area contributed by atoms with Crippen LogP contribution in [0.5, 0.6) is 0 Å². The van der Waals surface area contributed by atoms with E-state index < -0.39 is 0 Å². The molecule has 1 atom stereocenters. The molecule has 1 unspecified atom stereocenters. The van der Waals surface area contributed by atoms with Gasteiger partial charge >= 0.3 is 0 Å². The number of fused-ring (bicyclic) bond motifs is 2. The van der Waals surface area contributed by atoms with Crippen molar-refractivity contribution in [3.8, 4) is 0 Å². The molecule has 1 aromatic carbocycles. The number of halogens is 1. The number of hydrogen-bond acceptors (Lipinski definition) is 4. The Morgan fingerprint density at radius 1 is 1.27 bits per heavy atom. The summed E-state index contributed by atoms with van der Waals surface area (Å²) in [5, 5.41) is 3.80. The second-order valence-electron chi connectivity index (χ2n) is 5.40. The summed E-state index contributed by atoms with van der Waals surface area (Å²) in [6, 6.07) is 5.11. The van der Waals surface area contributed by atoms with Crippen LogP contribution in [-0.4, -0.2) is 15.8 Å². The molecule has 0 fully saturated rings. The third kappa shape index (κ3) is 2.09. The van der Waals surface area contributed by atoms with Gasteiger partial charge in [0.25, 0.3) is 0 Å². The fraction of sp³-hybridized carbons (Fsp3) is 0.188. The molecule has 0 radical (unpaired) electrons. The van der Waals surface area contributed by atoms with Crippen LogP contribution < -0.4 is 5.43 Å². The highest BCUT2D eigenvalue weighted by Gasteiger charge is 2.30. The van der Waals surface area contributed by atoms with E-state index in [0.29, 0.717) is 34.5 Å². The molecule has 2 heterocycles. The molecule has 6 heteroatoms. The van der Waals surface area contributed by atoms with Crippen LogP contribution in [0.2, 0.25) is 5.02 Å². The van der Waals surface area contributed by atoms with Gasteiger partial charge in [-0.15, -0.1) is 11.3 Å². The maximum Gasteiger partial charge on any atom is 0.200 e. The van der Waals surface area contributed by atoms with Gasteiger partial charge in [0.05, 0.1) is 10.6 Å². The minimum atomic E-state index is -0.228. The molecule has 1 N–H and O–H groups in total. The maximum atomic E-state index is 12.6. The van der Waals surface area contributed by atoms with Crippen molar-refractivity contribution >= 4 is 39.6 Å². The van der Waals surface area contributed by atoms with Crippen LogP contribution in [0.1, 0.15) is 33.4 Å². The summed E-state index contributed by atoms with van der Waals surface area (Å²) in [4.78, 5) is 32.6. The lowest BCUT2D eigenvalue weighted by Crippen LogP contribution is -2.27. The molecular formula is C16H11ClN2O2S. The lowest BCUT2D eigenvalue weighted by atomic mass is 9.85. The highest BCUT2D eigenvalue weighted by Crippen LogP contribution is 2.32. The van der Waals surface area contributed by atoms with E-state index in [1.54, 1.807) is 35.7 Å². The number of carbonyl (C=O) groups is 1. The minimum absolute atomic E-state index is 0.0420. The molecule has 110 valence electrons. The quantitative estimate of drug-likeness (QED) is 0.742. The number of nitrogens with one attached hydrogen (secondary N) is 1.